The Balaban J connectivity index is 1.61. The van der Waals surface area contributed by atoms with Crippen molar-refractivity contribution < 1.29 is 9.21 Å². The molecule has 0 bridgehead atoms. The Kier molecular flexibility index (Phi) is 4.77. The summed E-state index contributed by atoms with van der Waals surface area (Å²) in [6, 6.07) is 8.95. The van der Waals surface area contributed by atoms with Crippen LogP contribution >= 0.6 is 0 Å². The summed E-state index contributed by atoms with van der Waals surface area (Å²) in [6.45, 7) is 7.48. The van der Waals surface area contributed by atoms with Gasteiger partial charge in [-0.3, -0.25) is 9.48 Å². The SMILES string of the molecule is Cc1cc(C)nc(-n2nc(C)cc2NC(=O)c2cc(-c3ccco3)nc3c2c(C)nn3C)n1. The third-order valence-corrected chi connectivity index (χ3v) is 5.22. The molecular weight excluding hydrogens is 420 g/mol. The number of hydrogen-bond acceptors (Lipinski definition) is 7. The lowest BCUT2D eigenvalue weighted by Gasteiger charge is -2.10. The molecule has 5 heterocycles. The Morgan fingerprint density at radius 2 is 1.73 bits per heavy atom. The van der Waals surface area contributed by atoms with Crippen LogP contribution in [0.3, 0.4) is 0 Å². The molecule has 5 aromatic rings. The zero-order chi connectivity index (χ0) is 23.3. The van der Waals surface area contributed by atoms with Crippen LogP contribution in [0.15, 0.2) is 41.0 Å². The van der Waals surface area contributed by atoms with E-state index in [0.29, 0.717) is 45.5 Å². The second-order valence-electron chi connectivity index (χ2n) is 7.93. The number of rotatable bonds is 4. The number of anilines is 1. The summed E-state index contributed by atoms with van der Waals surface area (Å²) >= 11 is 0. The number of furan rings is 1. The molecule has 0 aliphatic heterocycles. The minimum absolute atomic E-state index is 0.322. The molecule has 0 radical (unpaired) electrons. The number of nitrogens with zero attached hydrogens (tertiary/aromatic N) is 7. The second kappa shape index (κ2) is 7.66. The number of aromatic nitrogens is 7. The lowest BCUT2D eigenvalue weighted by molar-refractivity contribution is 0.102. The minimum atomic E-state index is -0.322. The van der Waals surface area contributed by atoms with Crippen LogP contribution < -0.4 is 5.32 Å². The van der Waals surface area contributed by atoms with Crippen molar-refractivity contribution in [3.8, 4) is 17.4 Å². The van der Waals surface area contributed by atoms with Crippen LogP contribution in [0.2, 0.25) is 0 Å². The number of fused-ring (bicyclic) bond motifs is 1. The lowest BCUT2D eigenvalue weighted by Crippen LogP contribution is -2.17. The molecule has 0 saturated carbocycles. The molecule has 0 atom stereocenters. The van der Waals surface area contributed by atoms with Gasteiger partial charge in [0.1, 0.15) is 11.5 Å². The Morgan fingerprint density at radius 3 is 2.42 bits per heavy atom. The summed E-state index contributed by atoms with van der Waals surface area (Å²) in [7, 11) is 1.80. The number of nitrogens with one attached hydrogen (secondary N) is 1. The Bertz CT molecular complexity index is 1490. The minimum Gasteiger partial charge on any atom is -0.463 e. The van der Waals surface area contributed by atoms with Crippen molar-refractivity contribution in [3.05, 3.63) is 64.9 Å². The number of aryl methyl sites for hydroxylation is 5. The molecule has 0 unspecified atom stereocenters. The summed E-state index contributed by atoms with van der Waals surface area (Å²) in [4.78, 5) is 27.2. The lowest BCUT2D eigenvalue weighted by atomic mass is 10.1. The van der Waals surface area contributed by atoms with Crippen molar-refractivity contribution in [2.45, 2.75) is 27.7 Å². The van der Waals surface area contributed by atoms with Gasteiger partial charge in [0.05, 0.1) is 28.6 Å². The first-order valence-electron chi connectivity index (χ1n) is 10.4. The first kappa shape index (κ1) is 20.6. The van der Waals surface area contributed by atoms with E-state index in [9.17, 15) is 4.79 Å². The van der Waals surface area contributed by atoms with Crippen LogP contribution in [-0.4, -0.2) is 40.4 Å². The molecule has 5 aromatic heterocycles. The van der Waals surface area contributed by atoms with Crippen LogP contribution in [0.25, 0.3) is 28.4 Å². The fraction of sp³-hybridized carbons (Fsp3) is 0.217. The molecule has 1 N–H and O–H groups in total. The summed E-state index contributed by atoms with van der Waals surface area (Å²) in [5, 5.41) is 12.6. The quantitative estimate of drug-likeness (QED) is 0.451. The predicted molar refractivity (Wildman–Crippen MR) is 122 cm³/mol. The van der Waals surface area contributed by atoms with Crippen LogP contribution in [0, 0.1) is 27.7 Å². The van der Waals surface area contributed by atoms with Crippen molar-refractivity contribution in [3.63, 3.8) is 0 Å². The Morgan fingerprint density at radius 1 is 0.970 bits per heavy atom. The van der Waals surface area contributed by atoms with E-state index in [4.69, 9.17) is 4.42 Å². The van der Waals surface area contributed by atoms with Crippen molar-refractivity contribution >= 4 is 22.8 Å². The molecule has 0 spiro atoms. The zero-order valence-corrected chi connectivity index (χ0v) is 18.9. The van der Waals surface area contributed by atoms with Gasteiger partial charge < -0.3 is 9.73 Å². The fourth-order valence-corrected chi connectivity index (χ4v) is 3.90. The maximum atomic E-state index is 13.5. The standard InChI is InChI=1S/C23H22N8O2/c1-12-9-13(2)25-23(24-12)31-19(10-14(3)28-31)27-22(32)16-11-17(18-7-6-8-33-18)26-21-20(16)15(4)29-30(21)5/h6-11H,1-5H3,(H,27,32). The van der Waals surface area contributed by atoms with Gasteiger partial charge in [0.15, 0.2) is 11.4 Å². The Hall–Kier alpha value is -4.34. The molecule has 33 heavy (non-hydrogen) atoms. The van der Waals surface area contributed by atoms with E-state index in [1.165, 1.54) is 4.68 Å². The van der Waals surface area contributed by atoms with Gasteiger partial charge in [0, 0.05) is 24.5 Å². The maximum absolute atomic E-state index is 13.5. The molecule has 1 amide bonds. The van der Waals surface area contributed by atoms with Crippen LogP contribution in [-0.2, 0) is 7.05 Å². The van der Waals surface area contributed by atoms with E-state index in [0.717, 1.165) is 17.1 Å². The van der Waals surface area contributed by atoms with E-state index in [2.05, 4.69) is 30.5 Å². The van der Waals surface area contributed by atoms with Crippen molar-refractivity contribution in [1.29, 1.82) is 0 Å². The highest BCUT2D eigenvalue weighted by molar-refractivity contribution is 6.13. The third-order valence-electron chi connectivity index (χ3n) is 5.22. The van der Waals surface area contributed by atoms with Gasteiger partial charge in [-0.05, 0) is 52.0 Å². The molecule has 10 nitrogen and oxygen atoms in total. The van der Waals surface area contributed by atoms with Gasteiger partial charge in [0.25, 0.3) is 11.9 Å². The van der Waals surface area contributed by atoms with Gasteiger partial charge in [-0.1, -0.05) is 0 Å². The Labute approximate surface area is 189 Å². The summed E-state index contributed by atoms with van der Waals surface area (Å²) in [5.74, 6) is 1.10. The molecule has 166 valence electrons. The van der Waals surface area contributed by atoms with Gasteiger partial charge >= 0.3 is 0 Å². The number of pyridine rings is 1. The van der Waals surface area contributed by atoms with Gasteiger partial charge in [0.2, 0.25) is 0 Å². The molecule has 0 fully saturated rings. The number of amides is 1. The second-order valence-corrected chi connectivity index (χ2v) is 7.93. The monoisotopic (exact) mass is 442 g/mol. The van der Waals surface area contributed by atoms with Gasteiger partial charge in [-0.2, -0.15) is 14.9 Å². The van der Waals surface area contributed by atoms with Gasteiger partial charge in [-0.25, -0.2) is 15.0 Å². The predicted octanol–water partition coefficient (Wildman–Crippen LogP) is 3.69. The van der Waals surface area contributed by atoms with E-state index in [1.54, 1.807) is 42.3 Å². The summed E-state index contributed by atoms with van der Waals surface area (Å²) < 4.78 is 8.71. The largest absolute Gasteiger partial charge is 0.463 e. The molecule has 0 saturated heterocycles. The number of carbonyl (C=O) groups is 1. The van der Waals surface area contributed by atoms with E-state index >= 15 is 0 Å². The maximum Gasteiger partial charge on any atom is 0.257 e. The highest BCUT2D eigenvalue weighted by Gasteiger charge is 2.22. The number of carbonyl (C=O) groups excluding carboxylic acids is 1. The van der Waals surface area contributed by atoms with E-state index in [1.807, 2.05) is 33.8 Å². The number of hydrogen-bond donors (Lipinski definition) is 1. The normalized spacial score (nSPS) is 11.3. The summed E-state index contributed by atoms with van der Waals surface area (Å²) in [5.41, 5.74) is 4.63. The summed E-state index contributed by atoms with van der Waals surface area (Å²) in [6.07, 6.45) is 1.57. The van der Waals surface area contributed by atoms with E-state index < -0.39 is 0 Å². The van der Waals surface area contributed by atoms with Crippen LogP contribution in [0.4, 0.5) is 5.82 Å². The smallest absolute Gasteiger partial charge is 0.257 e. The molecule has 0 aliphatic carbocycles. The average molecular weight is 442 g/mol. The van der Waals surface area contributed by atoms with E-state index in [-0.39, 0.29) is 5.91 Å². The van der Waals surface area contributed by atoms with Crippen molar-refractivity contribution in [2.24, 2.45) is 7.05 Å². The average Bonchev–Trinajstić information content (AvgIpc) is 3.47. The molecule has 0 aromatic carbocycles. The van der Waals surface area contributed by atoms with Crippen LogP contribution in [0.1, 0.15) is 33.1 Å². The zero-order valence-electron chi connectivity index (χ0n) is 18.9. The first-order valence-corrected chi connectivity index (χ1v) is 10.4. The first-order chi connectivity index (χ1) is 15.8. The molecule has 5 rings (SSSR count). The highest BCUT2D eigenvalue weighted by Crippen LogP contribution is 2.28. The molecular formula is C23H22N8O2. The topological polar surface area (TPSA) is 117 Å². The fourth-order valence-electron chi connectivity index (χ4n) is 3.90. The molecule has 10 heteroatoms. The molecule has 0 aliphatic rings. The van der Waals surface area contributed by atoms with Crippen molar-refractivity contribution in [2.75, 3.05) is 5.32 Å². The van der Waals surface area contributed by atoms with Gasteiger partial charge in [-0.15, -0.1) is 0 Å². The van der Waals surface area contributed by atoms with Crippen molar-refractivity contribution in [1.82, 2.24) is 34.5 Å². The highest BCUT2D eigenvalue weighted by atomic mass is 16.3. The van der Waals surface area contributed by atoms with Crippen LogP contribution in [0.5, 0.6) is 0 Å². The third kappa shape index (κ3) is 3.65.